The summed E-state index contributed by atoms with van der Waals surface area (Å²) in [5.74, 6) is 0.0599. The van der Waals surface area contributed by atoms with Gasteiger partial charge in [-0.1, -0.05) is 12.1 Å². The van der Waals surface area contributed by atoms with Crippen molar-refractivity contribution in [1.29, 1.82) is 0 Å². The second kappa shape index (κ2) is 8.40. The molecule has 3 heterocycles. The van der Waals surface area contributed by atoms with Gasteiger partial charge in [-0.15, -0.1) is 11.3 Å². The number of piperazine rings is 1. The zero-order chi connectivity index (χ0) is 20.2. The first kappa shape index (κ1) is 19.1. The lowest BCUT2D eigenvalue weighted by Crippen LogP contribution is -2.49. The maximum Gasteiger partial charge on any atom is 0.265 e. The molecular formula is C21H19FN4O2S. The van der Waals surface area contributed by atoms with Gasteiger partial charge in [-0.3, -0.25) is 9.59 Å². The van der Waals surface area contributed by atoms with Gasteiger partial charge >= 0.3 is 0 Å². The zero-order valence-electron chi connectivity index (χ0n) is 15.5. The highest BCUT2D eigenvalue weighted by atomic mass is 32.1. The molecule has 0 aliphatic carbocycles. The van der Waals surface area contributed by atoms with Crippen molar-refractivity contribution < 1.29 is 14.0 Å². The Labute approximate surface area is 171 Å². The summed E-state index contributed by atoms with van der Waals surface area (Å²) in [5.41, 5.74) is 0.995. The molecule has 0 saturated carbocycles. The number of carbonyl (C=O) groups excluding carboxylic acids is 2. The first-order valence-electron chi connectivity index (χ1n) is 9.21. The summed E-state index contributed by atoms with van der Waals surface area (Å²) in [6.45, 7) is 2.34. The maximum atomic E-state index is 13.4. The summed E-state index contributed by atoms with van der Waals surface area (Å²) < 4.78 is 13.4. The van der Waals surface area contributed by atoms with Crippen molar-refractivity contribution in [3.8, 4) is 0 Å². The summed E-state index contributed by atoms with van der Waals surface area (Å²) in [6, 6.07) is 13.0. The van der Waals surface area contributed by atoms with Crippen LogP contribution in [0.3, 0.4) is 0 Å². The Morgan fingerprint density at radius 1 is 1.03 bits per heavy atom. The molecule has 4 rings (SSSR count). The molecule has 2 aromatic heterocycles. The summed E-state index contributed by atoms with van der Waals surface area (Å²) in [4.78, 5) is 33.5. The molecule has 1 fully saturated rings. The van der Waals surface area contributed by atoms with Crippen molar-refractivity contribution in [3.63, 3.8) is 0 Å². The number of rotatable bonds is 4. The van der Waals surface area contributed by atoms with E-state index < -0.39 is 5.82 Å². The standard InChI is InChI=1S/C21H19FN4O2S/c22-16-4-1-3-15(13-16)21(28)26-10-8-25(9-11-26)19-7-6-17(14-23-19)24-20(27)18-5-2-12-29-18/h1-7,12-14H,8-11H2,(H,24,27). The number of carbonyl (C=O) groups is 2. The molecule has 1 aliphatic rings. The fraction of sp³-hybridized carbons (Fsp3) is 0.190. The average molecular weight is 410 g/mol. The SMILES string of the molecule is O=C(Nc1ccc(N2CCN(C(=O)c3cccc(F)c3)CC2)nc1)c1cccs1. The van der Waals surface area contributed by atoms with Crippen LogP contribution in [0.5, 0.6) is 0 Å². The molecular weight excluding hydrogens is 391 g/mol. The van der Waals surface area contributed by atoms with Crippen LogP contribution in [-0.4, -0.2) is 47.9 Å². The Morgan fingerprint density at radius 2 is 1.86 bits per heavy atom. The number of hydrogen-bond donors (Lipinski definition) is 1. The van der Waals surface area contributed by atoms with Gasteiger partial charge in [0.25, 0.3) is 11.8 Å². The molecule has 2 amide bonds. The molecule has 8 heteroatoms. The van der Waals surface area contributed by atoms with E-state index in [1.165, 1.54) is 23.5 Å². The van der Waals surface area contributed by atoms with Gasteiger partial charge < -0.3 is 15.1 Å². The highest BCUT2D eigenvalue weighted by molar-refractivity contribution is 7.12. The number of pyridine rings is 1. The van der Waals surface area contributed by atoms with E-state index in [0.29, 0.717) is 42.3 Å². The van der Waals surface area contributed by atoms with Gasteiger partial charge in [0.1, 0.15) is 11.6 Å². The Balaban J connectivity index is 1.34. The maximum absolute atomic E-state index is 13.4. The minimum atomic E-state index is -0.412. The minimum Gasteiger partial charge on any atom is -0.353 e. The fourth-order valence-electron chi connectivity index (χ4n) is 3.19. The van der Waals surface area contributed by atoms with Crippen molar-refractivity contribution in [1.82, 2.24) is 9.88 Å². The zero-order valence-corrected chi connectivity index (χ0v) is 16.4. The van der Waals surface area contributed by atoms with Crippen LogP contribution >= 0.6 is 11.3 Å². The minimum absolute atomic E-state index is 0.154. The first-order chi connectivity index (χ1) is 14.1. The van der Waals surface area contributed by atoms with Crippen LogP contribution in [0.25, 0.3) is 0 Å². The Hall–Kier alpha value is -3.26. The predicted molar refractivity (Wildman–Crippen MR) is 111 cm³/mol. The lowest BCUT2D eigenvalue weighted by molar-refractivity contribution is 0.0746. The highest BCUT2D eigenvalue weighted by Gasteiger charge is 2.23. The number of nitrogens with one attached hydrogen (secondary N) is 1. The predicted octanol–water partition coefficient (Wildman–Crippen LogP) is 3.50. The van der Waals surface area contributed by atoms with E-state index in [2.05, 4.69) is 15.2 Å². The summed E-state index contributed by atoms with van der Waals surface area (Å²) in [6.07, 6.45) is 1.63. The van der Waals surface area contributed by atoms with E-state index in [4.69, 9.17) is 0 Å². The molecule has 0 spiro atoms. The van der Waals surface area contributed by atoms with E-state index >= 15 is 0 Å². The number of benzene rings is 1. The molecule has 1 aliphatic heterocycles. The third-order valence-electron chi connectivity index (χ3n) is 4.71. The molecule has 29 heavy (non-hydrogen) atoms. The van der Waals surface area contributed by atoms with Gasteiger partial charge in [0.05, 0.1) is 16.8 Å². The number of halogens is 1. The number of hydrogen-bond acceptors (Lipinski definition) is 5. The molecule has 1 aromatic carbocycles. The monoisotopic (exact) mass is 410 g/mol. The highest BCUT2D eigenvalue weighted by Crippen LogP contribution is 2.19. The number of aromatic nitrogens is 1. The number of anilines is 2. The van der Waals surface area contributed by atoms with Gasteiger partial charge in [-0.2, -0.15) is 0 Å². The topological polar surface area (TPSA) is 65.5 Å². The Kier molecular flexibility index (Phi) is 5.53. The molecule has 0 atom stereocenters. The van der Waals surface area contributed by atoms with Crippen LogP contribution in [0.1, 0.15) is 20.0 Å². The van der Waals surface area contributed by atoms with Crippen LogP contribution < -0.4 is 10.2 Å². The molecule has 148 valence electrons. The molecule has 1 N–H and O–H groups in total. The second-order valence-corrected chi connectivity index (χ2v) is 7.57. The Morgan fingerprint density at radius 3 is 2.52 bits per heavy atom. The van der Waals surface area contributed by atoms with Gasteiger partial charge in [0, 0.05) is 31.7 Å². The average Bonchev–Trinajstić information content (AvgIpc) is 3.29. The van der Waals surface area contributed by atoms with Gasteiger partial charge in [0.15, 0.2) is 0 Å². The van der Waals surface area contributed by atoms with Crippen molar-refractivity contribution >= 4 is 34.7 Å². The van der Waals surface area contributed by atoms with Crippen LogP contribution in [0.4, 0.5) is 15.9 Å². The third-order valence-corrected chi connectivity index (χ3v) is 5.58. The lowest BCUT2D eigenvalue weighted by atomic mass is 10.1. The largest absolute Gasteiger partial charge is 0.353 e. The number of amides is 2. The van der Waals surface area contributed by atoms with Gasteiger partial charge in [0.2, 0.25) is 0 Å². The summed E-state index contributed by atoms with van der Waals surface area (Å²) in [7, 11) is 0. The normalized spacial score (nSPS) is 14.0. The van der Waals surface area contributed by atoms with Crippen LogP contribution in [-0.2, 0) is 0 Å². The Bertz CT molecular complexity index is 1000. The van der Waals surface area contributed by atoms with Crippen molar-refractivity contribution in [2.45, 2.75) is 0 Å². The lowest BCUT2D eigenvalue weighted by Gasteiger charge is -2.35. The van der Waals surface area contributed by atoms with E-state index in [1.54, 1.807) is 29.3 Å². The van der Waals surface area contributed by atoms with Crippen LogP contribution in [0, 0.1) is 5.82 Å². The quantitative estimate of drug-likeness (QED) is 0.715. The van der Waals surface area contributed by atoms with Crippen LogP contribution in [0.2, 0.25) is 0 Å². The molecule has 1 saturated heterocycles. The molecule has 0 unspecified atom stereocenters. The summed E-state index contributed by atoms with van der Waals surface area (Å²) >= 11 is 1.38. The van der Waals surface area contributed by atoms with Gasteiger partial charge in [-0.05, 0) is 41.8 Å². The summed E-state index contributed by atoms with van der Waals surface area (Å²) in [5, 5.41) is 4.68. The number of thiophene rings is 1. The van der Waals surface area contributed by atoms with Crippen molar-refractivity contribution in [2.24, 2.45) is 0 Å². The number of nitrogens with zero attached hydrogens (tertiary/aromatic N) is 3. The second-order valence-electron chi connectivity index (χ2n) is 6.63. The van der Waals surface area contributed by atoms with E-state index in [0.717, 1.165) is 5.82 Å². The molecule has 0 bridgehead atoms. The third kappa shape index (κ3) is 4.43. The van der Waals surface area contributed by atoms with E-state index in [-0.39, 0.29) is 11.8 Å². The molecule has 0 radical (unpaired) electrons. The fourth-order valence-corrected chi connectivity index (χ4v) is 3.81. The first-order valence-corrected chi connectivity index (χ1v) is 10.1. The van der Waals surface area contributed by atoms with Crippen LogP contribution in [0.15, 0.2) is 60.1 Å². The van der Waals surface area contributed by atoms with Crippen molar-refractivity contribution in [2.75, 3.05) is 36.4 Å². The molecule has 6 nitrogen and oxygen atoms in total. The van der Waals surface area contributed by atoms with Gasteiger partial charge in [-0.25, -0.2) is 9.37 Å². The molecule has 3 aromatic rings. The van der Waals surface area contributed by atoms with E-state index in [9.17, 15) is 14.0 Å². The van der Waals surface area contributed by atoms with Crippen molar-refractivity contribution in [3.05, 3.63) is 76.4 Å². The van der Waals surface area contributed by atoms with E-state index in [1.807, 2.05) is 23.6 Å². The smallest absolute Gasteiger partial charge is 0.265 e.